The van der Waals surface area contributed by atoms with E-state index in [2.05, 4.69) is 36.7 Å². The maximum Gasteiger partial charge on any atom is 0.225 e. The monoisotopic (exact) mass is 268 g/mol. The van der Waals surface area contributed by atoms with Crippen molar-refractivity contribution in [1.29, 1.82) is 0 Å². The first kappa shape index (κ1) is 10.1. The fraction of sp³-hybridized carbons (Fsp3) is 0.222. The number of rotatable bonds is 3. The molecule has 0 aliphatic rings. The van der Waals surface area contributed by atoms with E-state index in [1.807, 2.05) is 12.1 Å². The van der Waals surface area contributed by atoms with Crippen LogP contribution in [-0.2, 0) is 4.79 Å². The number of anilines is 1. The van der Waals surface area contributed by atoms with Crippen molar-refractivity contribution in [2.24, 2.45) is 0 Å². The molecule has 2 rings (SSSR count). The minimum absolute atomic E-state index is 0.0395. The van der Waals surface area contributed by atoms with Crippen LogP contribution in [0.2, 0.25) is 0 Å². The molecule has 1 aromatic carbocycles. The van der Waals surface area contributed by atoms with Crippen molar-refractivity contribution in [3.63, 3.8) is 0 Å². The molecule has 0 saturated heterocycles. The van der Waals surface area contributed by atoms with Crippen molar-refractivity contribution >= 4 is 38.6 Å². The highest BCUT2D eigenvalue weighted by molar-refractivity contribution is 9.09. The van der Waals surface area contributed by atoms with Gasteiger partial charge in [-0.2, -0.15) is 15.4 Å². The largest absolute Gasteiger partial charge is 0.324 e. The molecule has 5 nitrogen and oxygen atoms in total. The second kappa shape index (κ2) is 4.39. The minimum Gasteiger partial charge on any atom is -0.324 e. The highest BCUT2D eigenvalue weighted by Gasteiger charge is 2.07. The highest BCUT2D eigenvalue weighted by atomic mass is 79.9. The van der Waals surface area contributed by atoms with Crippen molar-refractivity contribution in [3.8, 4) is 0 Å². The van der Waals surface area contributed by atoms with Gasteiger partial charge in [0.25, 0.3) is 0 Å². The third-order valence-electron chi connectivity index (χ3n) is 1.94. The van der Waals surface area contributed by atoms with Gasteiger partial charge in [-0.05, 0) is 12.1 Å². The Morgan fingerprint density at radius 3 is 3.13 bits per heavy atom. The third kappa shape index (κ3) is 2.15. The summed E-state index contributed by atoms with van der Waals surface area (Å²) in [5, 5.41) is 13.9. The number of hydrogen-bond donors (Lipinski definition) is 2. The van der Waals surface area contributed by atoms with Crippen LogP contribution in [-0.4, -0.2) is 26.6 Å². The summed E-state index contributed by atoms with van der Waals surface area (Å²) in [6.07, 6.45) is 0.439. The number of nitrogens with zero attached hydrogens (tertiary/aromatic N) is 2. The average molecular weight is 269 g/mol. The predicted octanol–water partition coefficient (Wildman–Crippen LogP) is 1.68. The molecule has 0 unspecified atom stereocenters. The zero-order chi connectivity index (χ0) is 10.7. The number of H-pyrrole nitrogens is 1. The Morgan fingerprint density at radius 2 is 2.33 bits per heavy atom. The van der Waals surface area contributed by atoms with E-state index in [-0.39, 0.29) is 5.91 Å². The first-order valence-corrected chi connectivity index (χ1v) is 5.58. The molecule has 6 heteroatoms. The number of alkyl halides is 1. The maximum atomic E-state index is 11.4. The lowest BCUT2D eigenvalue weighted by atomic mass is 10.2. The van der Waals surface area contributed by atoms with E-state index < -0.39 is 0 Å². The number of benzene rings is 1. The topological polar surface area (TPSA) is 70.7 Å². The van der Waals surface area contributed by atoms with E-state index in [1.165, 1.54) is 0 Å². The minimum atomic E-state index is -0.0395. The van der Waals surface area contributed by atoms with Crippen molar-refractivity contribution in [2.45, 2.75) is 6.42 Å². The van der Waals surface area contributed by atoms with Gasteiger partial charge in [-0.25, -0.2) is 0 Å². The van der Waals surface area contributed by atoms with Gasteiger partial charge in [0.1, 0.15) is 11.0 Å². The normalized spacial score (nSPS) is 10.5. The lowest BCUT2D eigenvalue weighted by Gasteiger charge is -2.03. The summed E-state index contributed by atoms with van der Waals surface area (Å²) in [7, 11) is 0. The van der Waals surface area contributed by atoms with Gasteiger partial charge in [-0.15, -0.1) is 0 Å². The Labute approximate surface area is 94.4 Å². The molecule has 2 aromatic rings. The fourth-order valence-electron chi connectivity index (χ4n) is 1.27. The van der Waals surface area contributed by atoms with Gasteiger partial charge in [0.05, 0.1) is 5.69 Å². The first-order chi connectivity index (χ1) is 7.31. The number of carbonyl (C=O) groups excluding carboxylic acids is 1. The van der Waals surface area contributed by atoms with Crippen LogP contribution in [0.5, 0.6) is 0 Å². The van der Waals surface area contributed by atoms with Crippen LogP contribution in [0.1, 0.15) is 6.42 Å². The lowest BCUT2D eigenvalue weighted by Crippen LogP contribution is -2.11. The molecule has 0 radical (unpaired) electrons. The van der Waals surface area contributed by atoms with E-state index in [0.29, 0.717) is 23.0 Å². The zero-order valence-electron chi connectivity index (χ0n) is 7.83. The molecule has 15 heavy (non-hydrogen) atoms. The van der Waals surface area contributed by atoms with Crippen molar-refractivity contribution in [3.05, 3.63) is 18.2 Å². The molecule has 78 valence electrons. The Morgan fingerprint density at radius 1 is 1.47 bits per heavy atom. The quantitative estimate of drug-likeness (QED) is 0.833. The molecule has 0 saturated carbocycles. The van der Waals surface area contributed by atoms with Crippen LogP contribution in [0.3, 0.4) is 0 Å². The summed E-state index contributed by atoms with van der Waals surface area (Å²) in [5.74, 6) is -0.0395. The molecule has 0 fully saturated rings. The molecule has 1 heterocycles. The molecule has 0 atom stereocenters. The molecular weight excluding hydrogens is 260 g/mol. The number of aromatic amines is 1. The van der Waals surface area contributed by atoms with Crippen LogP contribution >= 0.6 is 15.9 Å². The number of fused-ring (bicyclic) bond motifs is 1. The molecule has 1 aromatic heterocycles. The molecular formula is C9H9BrN4O. The smallest absolute Gasteiger partial charge is 0.225 e. The maximum absolute atomic E-state index is 11.4. The number of para-hydroxylation sites is 1. The SMILES string of the molecule is O=C(CCBr)Nc1cccc2n[nH]nc12. The van der Waals surface area contributed by atoms with Crippen molar-refractivity contribution in [2.75, 3.05) is 10.6 Å². The predicted molar refractivity (Wildman–Crippen MR) is 60.9 cm³/mol. The van der Waals surface area contributed by atoms with Gasteiger partial charge in [0.15, 0.2) is 0 Å². The van der Waals surface area contributed by atoms with E-state index in [4.69, 9.17) is 0 Å². The fourth-order valence-corrected chi connectivity index (χ4v) is 1.63. The Hall–Kier alpha value is -1.43. The number of aromatic nitrogens is 3. The van der Waals surface area contributed by atoms with Gasteiger partial charge >= 0.3 is 0 Å². The van der Waals surface area contributed by atoms with Gasteiger partial charge in [0, 0.05) is 11.8 Å². The Bertz CT molecular complexity index is 482. The Kier molecular flexibility index (Phi) is 2.96. The van der Waals surface area contributed by atoms with Crippen molar-refractivity contribution in [1.82, 2.24) is 15.4 Å². The standard InChI is InChI=1S/C9H9BrN4O/c10-5-4-8(15)11-6-2-1-3-7-9(6)13-14-12-7/h1-3H,4-5H2,(H,11,15)(H,12,13,14). The second-order valence-corrected chi connectivity index (χ2v) is 3.78. The summed E-state index contributed by atoms with van der Waals surface area (Å²) in [6, 6.07) is 5.46. The molecule has 2 N–H and O–H groups in total. The molecule has 1 amide bonds. The second-order valence-electron chi connectivity index (χ2n) is 2.98. The number of halogens is 1. The van der Waals surface area contributed by atoms with E-state index in [0.717, 1.165) is 5.52 Å². The van der Waals surface area contributed by atoms with Crippen LogP contribution in [0.25, 0.3) is 11.0 Å². The lowest BCUT2D eigenvalue weighted by molar-refractivity contribution is -0.115. The third-order valence-corrected chi connectivity index (χ3v) is 2.34. The Balaban J connectivity index is 2.27. The molecule has 0 bridgehead atoms. The van der Waals surface area contributed by atoms with Crippen molar-refractivity contribution < 1.29 is 4.79 Å². The summed E-state index contributed by atoms with van der Waals surface area (Å²) in [4.78, 5) is 11.4. The number of carbonyl (C=O) groups is 1. The summed E-state index contributed by atoms with van der Waals surface area (Å²) < 4.78 is 0. The van der Waals surface area contributed by atoms with E-state index >= 15 is 0 Å². The molecule has 0 spiro atoms. The van der Waals surface area contributed by atoms with Crippen LogP contribution in [0, 0.1) is 0 Å². The van der Waals surface area contributed by atoms with E-state index in [1.54, 1.807) is 6.07 Å². The number of hydrogen-bond acceptors (Lipinski definition) is 3. The van der Waals surface area contributed by atoms with Crippen LogP contribution in [0.15, 0.2) is 18.2 Å². The number of nitrogens with one attached hydrogen (secondary N) is 2. The summed E-state index contributed by atoms with van der Waals surface area (Å²) in [5.41, 5.74) is 2.11. The van der Waals surface area contributed by atoms with Gasteiger partial charge in [0.2, 0.25) is 5.91 Å². The first-order valence-electron chi connectivity index (χ1n) is 4.46. The van der Waals surface area contributed by atoms with Gasteiger partial charge < -0.3 is 5.32 Å². The molecule has 0 aliphatic carbocycles. The highest BCUT2D eigenvalue weighted by Crippen LogP contribution is 2.18. The van der Waals surface area contributed by atoms with E-state index in [9.17, 15) is 4.79 Å². The summed E-state index contributed by atoms with van der Waals surface area (Å²) in [6.45, 7) is 0. The van der Waals surface area contributed by atoms with Gasteiger partial charge in [-0.1, -0.05) is 22.0 Å². The van der Waals surface area contributed by atoms with Gasteiger partial charge in [-0.3, -0.25) is 4.79 Å². The number of amides is 1. The molecule has 0 aliphatic heterocycles. The summed E-state index contributed by atoms with van der Waals surface area (Å²) >= 11 is 3.21. The van der Waals surface area contributed by atoms with Crippen LogP contribution < -0.4 is 5.32 Å². The van der Waals surface area contributed by atoms with Crippen LogP contribution in [0.4, 0.5) is 5.69 Å². The zero-order valence-corrected chi connectivity index (χ0v) is 9.41. The average Bonchev–Trinajstić information content (AvgIpc) is 2.67.